The SMILES string of the molecule is CC(Oc1ccccc1F)C(=O)Nc1cccc(-c2cn3c(n2)SCC3)c1. The number of nitrogens with zero attached hydrogens (tertiary/aromatic N) is 2. The number of benzene rings is 2. The van der Waals surface area contributed by atoms with Gasteiger partial charge in [-0.1, -0.05) is 36.0 Å². The lowest BCUT2D eigenvalue weighted by atomic mass is 10.1. The molecule has 138 valence electrons. The molecular weight excluding hydrogens is 365 g/mol. The highest BCUT2D eigenvalue weighted by molar-refractivity contribution is 7.99. The van der Waals surface area contributed by atoms with Crippen molar-refractivity contribution in [3.63, 3.8) is 0 Å². The van der Waals surface area contributed by atoms with Gasteiger partial charge >= 0.3 is 0 Å². The minimum absolute atomic E-state index is 0.0546. The van der Waals surface area contributed by atoms with Crippen LogP contribution >= 0.6 is 11.8 Å². The summed E-state index contributed by atoms with van der Waals surface area (Å²) in [5.74, 6) is 0.264. The normalized spacial score (nSPS) is 13.9. The number of thioether (sulfide) groups is 1. The van der Waals surface area contributed by atoms with Crippen molar-refractivity contribution >= 4 is 23.4 Å². The summed E-state index contributed by atoms with van der Waals surface area (Å²) < 4.78 is 21.2. The molecule has 1 atom stereocenters. The predicted octanol–water partition coefficient (Wildman–Crippen LogP) is 4.20. The quantitative estimate of drug-likeness (QED) is 0.717. The van der Waals surface area contributed by atoms with Gasteiger partial charge in [-0.15, -0.1) is 0 Å². The number of amides is 1. The number of imidazole rings is 1. The highest BCUT2D eigenvalue weighted by Gasteiger charge is 2.18. The summed E-state index contributed by atoms with van der Waals surface area (Å²) in [6.07, 6.45) is 1.19. The lowest BCUT2D eigenvalue weighted by molar-refractivity contribution is -0.122. The lowest BCUT2D eigenvalue weighted by Crippen LogP contribution is -2.30. The summed E-state index contributed by atoms with van der Waals surface area (Å²) in [5, 5.41) is 3.83. The van der Waals surface area contributed by atoms with Gasteiger partial charge in [-0.3, -0.25) is 4.79 Å². The number of ether oxygens (including phenoxy) is 1. The molecule has 0 radical (unpaired) electrons. The number of anilines is 1. The Kier molecular flexibility index (Phi) is 4.85. The van der Waals surface area contributed by atoms with Crippen LogP contribution < -0.4 is 10.1 Å². The van der Waals surface area contributed by atoms with Gasteiger partial charge in [0.05, 0.1) is 5.69 Å². The predicted molar refractivity (Wildman–Crippen MR) is 104 cm³/mol. The number of carbonyl (C=O) groups is 1. The van der Waals surface area contributed by atoms with Gasteiger partial charge in [0.1, 0.15) is 0 Å². The van der Waals surface area contributed by atoms with E-state index in [0.29, 0.717) is 5.69 Å². The number of carbonyl (C=O) groups excluding carboxylic acids is 1. The largest absolute Gasteiger partial charge is 0.478 e. The average molecular weight is 383 g/mol. The van der Waals surface area contributed by atoms with Crippen LogP contribution in [0.5, 0.6) is 5.75 Å². The highest BCUT2D eigenvalue weighted by atomic mass is 32.2. The van der Waals surface area contributed by atoms with Crippen molar-refractivity contribution < 1.29 is 13.9 Å². The zero-order valence-corrected chi connectivity index (χ0v) is 15.5. The molecule has 0 saturated carbocycles. The Hall–Kier alpha value is -2.80. The summed E-state index contributed by atoms with van der Waals surface area (Å²) in [5.41, 5.74) is 2.45. The second-order valence-electron chi connectivity index (χ2n) is 6.21. The third-order valence-corrected chi connectivity index (χ3v) is 5.21. The van der Waals surface area contributed by atoms with Crippen molar-refractivity contribution in [1.29, 1.82) is 0 Å². The minimum atomic E-state index is -0.835. The maximum atomic E-state index is 13.7. The molecule has 0 aliphatic carbocycles. The van der Waals surface area contributed by atoms with Crippen LogP contribution in [0.3, 0.4) is 0 Å². The molecule has 4 rings (SSSR count). The van der Waals surface area contributed by atoms with Gasteiger partial charge in [-0.25, -0.2) is 9.37 Å². The van der Waals surface area contributed by atoms with E-state index >= 15 is 0 Å². The van der Waals surface area contributed by atoms with E-state index in [0.717, 1.165) is 28.7 Å². The van der Waals surface area contributed by atoms with Gasteiger partial charge in [0.25, 0.3) is 5.91 Å². The molecule has 1 N–H and O–H groups in total. The molecule has 1 amide bonds. The van der Waals surface area contributed by atoms with Crippen molar-refractivity contribution in [1.82, 2.24) is 9.55 Å². The molecule has 5 nitrogen and oxygen atoms in total. The van der Waals surface area contributed by atoms with Crippen LogP contribution in [0.4, 0.5) is 10.1 Å². The van der Waals surface area contributed by atoms with Gasteiger partial charge in [-0.05, 0) is 31.2 Å². The summed E-state index contributed by atoms with van der Waals surface area (Å²) in [7, 11) is 0. The number of aromatic nitrogens is 2. The number of hydrogen-bond acceptors (Lipinski definition) is 4. The first-order valence-corrected chi connectivity index (χ1v) is 9.61. The number of hydrogen-bond donors (Lipinski definition) is 1. The van der Waals surface area contributed by atoms with Gasteiger partial charge in [0.15, 0.2) is 22.8 Å². The fourth-order valence-electron chi connectivity index (χ4n) is 2.83. The standard InChI is InChI=1S/C20H18FN3O2S/c1-13(26-18-8-3-2-7-16(18)21)19(25)22-15-6-4-5-14(11-15)17-12-24-9-10-27-20(24)23-17/h2-8,11-13H,9-10H2,1H3,(H,22,25). The second-order valence-corrected chi connectivity index (χ2v) is 7.27. The first kappa shape index (κ1) is 17.6. The molecule has 2 heterocycles. The van der Waals surface area contributed by atoms with Crippen LogP contribution in [0, 0.1) is 5.82 Å². The Morgan fingerprint density at radius 2 is 2.15 bits per heavy atom. The Balaban J connectivity index is 1.46. The molecule has 1 aromatic heterocycles. The van der Waals surface area contributed by atoms with E-state index in [2.05, 4.69) is 14.9 Å². The maximum Gasteiger partial charge on any atom is 0.265 e. The van der Waals surface area contributed by atoms with Gasteiger partial charge in [0.2, 0.25) is 0 Å². The highest BCUT2D eigenvalue weighted by Crippen LogP contribution is 2.30. The van der Waals surface area contributed by atoms with E-state index in [1.807, 2.05) is 24.4 Å². The van der Waals surface area contributed by atoms with Gasteiger partial charge < -0.3 is 14.6 Å². The zero-order chi connectivity index (χ0) is 18.8. The third kappa shape index (κ3) is 3.83. The molecule has 2 aromatic carbocycles. The molecular formula is C20H18FN3O2S. The molecule has 0 fully saturated rings. The number of para-hydroxylation sites is 1. The number of fused-ring (bicyclic) bond motifs is 1. The van der Waals surface area contributed by atoms with E-state index in [-0.39, 0.29) is 11.7 Å². The van der Waals surface area contributed by atoms with E-state index in [9.17, 15) is 9.18 Å². The van der Waals surface area contributed by atoms with E-state index < -0.39 is 11.9 Å². The summed E-state index contributed by atoms with van der Waals surface area (Å²) in [6.45, 7) is 2.55. The van der Waals surface area contributed by atoms with E-state index in [1.165, 1.54) is 12.1 Å². The molecule has 27 heavy (non-hydrogen) atoms. The summed E-state index contributed by atoms with van der Waals surface area (Å²) >= 11 is 1.74. The van der Waals surface area contributed by atoms with Crippen LogP contribution in [0.2, 0.25) is 0 Å². The summed E-state index contributed by atoms with van der Waals surface area (Å²) in [4.78, 5) is 17.0. The Labute approximate surface area is 160 Å². The molecule has 0 bridgehead atoms. The number of rotatable bonds is 5. The van der Waals surface area contributed by atoms with Crippen molar-refractivity contribution in [2.45, 2.75) is 24.7 Å². The van der Waals surface area contributed by atoms with Crippen LogP contribution in [-0.2, 0) is 11.3 Å². The third-order valence-electron chi connectivity index (χ3n) is 4.24. The molecule has 3 aromatic rings. The fourth-order valence-corrected chi connectivity index (χ4v) is 3.78. The molecule has 7 heteroatoms. The van der Waals surface area contributed by atoms with Crippen molar-refractivity contribution in [3.8, 4) is 17.0 Å². The Morgan fingerprint density at radius 1 is 1.30 bits per heavy atom. The molecule has 0 spiro atoms. The molecule has 1 aliphatic heterocycles. The van der Waals surface area contributed by atoms with Crippen molar-refractivity contribution in [3.05, 3.63) is 60.5 Å². The fraction of sp³-hybridized carbons (Fsp3) is 0.200. The zero-order valence-electron chi connectivity index (χ0n) is 14.7. The molecule has 0 saturated heterocycles. The number of nitrogens with one attached hydrogen (secondary N) is 1. The first-order chi connectivity index (χ1) is 13.1. The van der Waals surface area contributed by atoms with Crippen molar-refractivity contribution in [2.24, 2.45) is 0 Å². The number of aryl methyl sites for hydroxylation is 1. The van der Waals surface area contributed by atoms with Crippen LogP contribution in [0.15, 0.2) is 59.9 Å². The van der Waals surface area contributed by atoms with E-state index in [4.69, 9.17) is 4.74 Å². The number of halogens is 1. The van der Waals surface area contributed by atoms with Gasteiger partial charge in [-0.2, -0.15) is 0 Å². The van der Waals surface area contributed by atoms with Gasteiger partial charge in [0, 0.05) is 29.7 Å². The van der Waals surface area contributed by atoms with Crippen molar-refractivity contribution in [2.75, 3.05) is 11.1 Å². The second kappa shape index (κ2) is 7.44. The topological polar surface area (TPSA) is 56.1 Å². The smallest absolute Gasteiger partial charge is 0.265 e. The van der Waals surface area contributed by atoms with Crippen LogP contribution in [-0.4, -0.2) is 27.3 Å². The van der Waals surface area contributed by atoms with Crippen LogP contribution in [0.1, 0.15) is 6.92 Å². The lowest BCUT2D eigenvalue weighted by Gasteiger charge is -2.15. The molecule has 1 aliphatic rings. The average Bonchev–Trinajstić information content (AvgIpc) is 3.26. The Morgan fingerprint density at radius 3 is 2.96 bits per heavy atom. The Bertz CT molecular complexity index is 967. The molecule has 1 unspecified atom stereocenters. The van der Waals surface area contributed by atoms with E-state index in [1.54, 1.807) is 36.9 Å². The first-order valence-electron chi connectivity index (χ1n) is 8.62. The monoisotopic (exact) mass is 383 g/mol. The van der Waals surface area contributed by atoms with Crippen LogP contribution in [0.25, 0.3) is 11.3 Å². The summed E-state index contributed by atoms with van der Waals surface area (Å²) in [6, 6.07) is 13.5. The maximum absolute atomic E-state index is 13.7. The minimum Gasteiger partial charge on any atom is -0.478 e.